The molecule has 0 saturated carbocycles. The molecule has 7 heteroatoms. The monoisotopic (exact) mass is 566 g/mol. The number of rotatable bonds is 13. The number of epoxide rings is 1. The minimum atomic E-state index is -1.89. The van der Waals surface area contributed by atoms with Gasteiger partial charge in [-0.15, -0.1) is 0 Å². The van der Waals surface area contributed by atoms with Gasteiger partial charge in [0.1, 0.15) is 0 Å². The molecule has 2 aliphatic heterocycles. The quantitative estimate of drug-likeness (QED) is 0.0996. The average Bonchev–Trinajstić information content (AvgIpc) is 3.49. The Morgan fingerprint density at radius 2 is 1.79 bits per heavy atom. The van der Waals surface area contributed by atoms with Crippen LogP contribution in [0.5, 0.6) is 0 Å². The highest BCUT2D eigenvalue weighted by atomic mass is 28.4. The van der Waals surface area contributed by atoms with Crippen molar-refractivity contribution in [3.8, 4) is 0 Å². The van der Waals surface area contributed by atoms with Crippen LogP contribution in [0.4, 0.5) is 0 Å². The Balaban J connectivity index is 1.93. The molecule has 2 saturated heterocycles. The number of ether oxygens (including phenoxy) is 4. The molecule has 39 heavy (non-hydrogen) atoms. The predicted octanol–water partition coefficient (Wildman–Crippen LogP) is 7.48. The van der Waals surface area contributed by atoms with E-state index >= 15 is 0 Å². The van der Waals surface area contributed by atoms with Crippen molar-refractivity contribution < 1.29 is 28.2 Å². The molecule has 0 amide bonds. The number of methoxy groups -OCH3 is 2. The van der Waals surface area contributed by atoms with Crippen molar-refractivity contribution in [2.24, 2.45) is 17.8 Å². The molecular weight excluding hydrogens is 508 g/mol. The lowest BCUT2D eigenvalue weighted by atomic mass is 9.85. The molecule has 0 aromatic carbocycles. The molecule has 226 valence electrons. The molecule has 9 atom stereocenters. The summed E-state index contributed by atoms with van der Waals surface area (Å²) in [5.74, 6) is 0.830. The summed E-state index contributed by atoms with van der Waals surface area (Å²) < 4.78 is 30.1. The second-order valence-electron chi connectivity index (χ2n) is 14.0. The Hall–Kier alpha value is -0.993. The largest absolute Gasteiger partial charge is 0.469 e. The van der Waals surface area contributed by atoms with Gasteiger partial charge < -0.3 is 23.4 Å². The van der Waals surface area contributed by atoms with Crippen LogP contribution in [0.25, 0.3) is 0 Å². The number of hydrogen-bond acceptors (Lipinski definition) is 6. The smallest absolute Gasteiger partial charge is 0.308 e. The fraction of sp³-hybridized carbons (Fsp3) is 0.844. The standard InChI is InChI=1S/C32H58O6Si/c1-21(15-14-16-22(2)28-23(3)17-18-26(36-28)19-27(33)34-10)20-32(9)30(37-32)24(4)29(35-11)25(5)38-39(12,13)31(6,7)8/h14-16,21,23-26,28-30H,17-20H2,1-13H3/b15-14+,22-16+/t21-,23-,24+,25+,26+,28+,29+,30+,32+/m0/s1. The lowest BCUT2D eigenvalue weighted by Crippen LogP contribution is -2.48. The highest BCUT2D eigenvalue weighted by Gasteiger charge is 2.57. The fourth-order valence-electron chi connectivity index (χ4n) is 5.98. The van der Waals surface area contributed by atoms with Crippen molar-refractivity contribution in [1.82, 2.24) is 0 Å². The Kier molecular flexibility index (Phi) is 12.1. The number of carbonyl (C=O) groups excluding carboxylic acids is 1. The second-order valence-corrected chi connectivity index (χ2v) is 18.7. The zero-order valence-electron chi connectivity index (χ0n) is 27.1. The third kappa shape index (κ3) is 9.25. The molecule has 0 radical (unpaired) electrons. The van der Waals surface area contributed by atoms with Crippen LogP contribution in [0.1, 0.15) is 88.0 Å². The van der Waals surface area contributed by atoms with Gasteiger partial charge in [-0.2, -0.15) is 0 Å². The van der Waals surface area contributed by atoms with Crippen molar-refractivity contribution in [2.75, 3.05) is 14.2 Å². The summed E-state index contributed by atoms with van der Waals surface area (Å²) in [7, 11) is 1.33. The molecule has 0 unspecified atom stereocenters. The zero-order chi connectivity index (χ0) is 29.8. The molecule has 0 N–H and O–H groups in total. The summed E-state index contributed by atoms with van der Waals surface area (Å²) in [6, 6.07) is 0. The predicted molar refractivity (Wildman–Crippen MR) is 161 cm³/mol. The Bertz CT molecular complexity index is 861. The summed E-state index contributed by atoms with van der Waals surface area (Å²) in [6.45, 7) is 24.6. The van der Waals surface area contributed by atoms with Crippen molar-refractivity contribution in [3.63, 3.8) is 0 Å². The van der Waals surface area contributed by atoms with Crippen molar-refractivity contribution in [1.29, 1.82) is 0 Å². The zero-order valence-corrected chi connectivity index (χ0v) is 28.1. The number of allylic oxidation sites excluding steroid dienone is 3. The molecule has 0 aliphatic carbocycles. The molecule has 0 bridgehead atoms. The maximum Gasteiger partial charge on any atom is 0.308 e. The van der Waals surface area contributed by atoms with E-state index in [-0.39, 0.29) is 53.0 Å². The van der Waals surface area contributed by atoms with E-state index in [4.69, 9.17) is 23.4 Å². The van der Waals surface area contributed by atoms with Crippen molar-refractivity contribution in [3.05, 3.63) is 23.8 Å². The van der Waals surface area contributed by atoms with Gasteiger partial charge in [0.05, 0.1) is 49.7 Å². The summed E-state index contributed by atoms with van der Waals surface area (Å²) >= 11 is 0. The van der Waals surface area contributed by atoms with Crippen molar-refractivity contribution in [2.45, 2.75) is 142 Å². The SMILES string of the molecule is COC(=O)C[C@H]1CC[C@H](C)[C@@H](/C(C)=C/C=C/[C@H](C)C[C@@]2(C)O[C@@H]2[C@H](C)[C@@H](OC)[C@@H](C)O[Si](C)(C)C(C)(C)C)O1. The highest BCUT2D eigenvalue weighted by Crippen LogP contribution is 2.48. The molecule has 0 aromatic heterocycles. The van der Waals surface area contributed by atoms with E-state index in [2.05, 4.69) is 93.6 Å². The van der Waals surface area contributed by atoms with Crippen LogP contribution in [0.3, 0.4) is 0 Å². The van der Waals surface area contributed by atoms with E-state index in [1.54, 1.807) is 7.11 Å². The molecule has 2 aliphatic rings. The molecular formula is C32H58O6Si. The molecule has 6 nitrogen and oxygen atoms in total. The van der Waals surface area contributed by atoms with E-state index in [1.807, 2.05) is 0 Å². The van der Waals surface area contributed by atoms with Crippen molar-refractivity contribution >= 4 is 14.3 Å². The van der Waals surface area contributed by atoms with Crippen LogP contribution in [0, 0.1) is 17.8 Å². The van der Waals surface area contributed by atoms with Gasteiger partial charge in [0.2, 0.25) is 0 Å². The van der Waals surface area contributed by atoms with Gasteiger partial charge >= 0.3 is 5.97 Å². The summed E-state index contributed by atoms with van der Waals surface area (Å²) in [6.07, 6.45) is 9.92. The molecule has 2 heterocycles. The topological polar surface area (TPSA) is 66.5 Å². The Morgan fingerprint density at radius 1 is 1.15 bits per heavy atom. The number of esters is 1. The molecule has 2 fully saturated rings. The van der Waals surface area contributed by atoms with Gasteiger partial charge in [-0.05, 0) is 75.6 Å². The Labute approximate surface area is 240 Å². The number of carbonyl (C=O) groups is 1. The van der Waals surface area contributed by atoms with Gasteiger partial charge in [-0.1, -0.05) is 59.8 Å². The van der Waals surface area contributed by atoms with Gasteiger partial charge in [-0.25, -0.2) is 0 Å². The van der Waals surface area contributed by atoms with E-state index in [0.717, 1.165) is 19.3 Å². The highest BCUT2D eigenvalue weighted by molar-refractivity contribution is 6.74. The van der Waals surface area contributed by atoms with Crippen LogP contribution in [-0.4, -0.2) is 64.6 Å². The number of hydrogen-bond donors (Lipinski definition) is 0. The van der Waals surface area contributed by atoms with Crippen LogP contribution < -0.4 is 0 Å². The normalized spacial score (nSPS) is 31.6. The average molecular weight is 567 g/mol. The third-order valence-electron chi connectivity index (χ3n) is 9.35. The first kappa shape index (κ1) is 34.2. The van der Waals surface area contributed by atoms with Crippen LogP contribution in [0.15, 0.2) is 23.8 Å². The fourth-order valence-corrected chi connectivity index (χ4v) is 7.40. The molecule has 0 aromatic rings. The van der Waals surface area contributed by atoms with Gasteiger partial charge in [-0.3, -0.25) is 4.79 Å². The lowest BCUT2D eigenvalue weighted by molar-refractivity contribution is -0.147. The second kappa shape index (κ2) is 13.8. The summed E-state index contributed by atoms with van der Waals surface area (Å²) in [5, 5.41) is 0.161. The first-order valence-electron chi connectivity index (χ1n) is 14.9. The maximum atomic E-state index is 11.7. The van der Waals surface area contributed by atoms with E-state index in [9.17, 15) is 4.79 Å². The minimum absolute atomic E-state index is 0.0112. The first-order chi connectivity index (χ1) is 18.0. The Morgan fingerprint density at radius 3 is 2.36 bits per heavy atom. The van der Waals surface area contributed by atoms with Gasteiger partial charge in [0, 0.05) is 13.0 Å². The summed E-state index contributed by atoms with van der Waals surface area (Å²) in [4.78, 5) is 11.7. The molecule has 0 spiro atoms. The maximum absolute atomic E-state index is 11.7. The summed E-state index contributed by atoms with van der Waals surface area (Å²) in [5.41, 5.74) is 1.04. The van der Waals surface area contributed by atoms with E-state index in [0.29, 0.717) is 18.3 Å². The van der Waals surface area contributed by atoms with Gasteiger partial charge in [0.15, 0.2) is 8.32 Å². The minimum Gasteiger partial charge on any atom is -0.469 e. The van der Waals surface area contributed by atoms with Gasteiger partial charge in [0.25, 0.3) is 0 Å². The van der Waals surface area contributed by atoms with Crippen LogP contribution in [-0.2, 0) is 28.2 Å². The van der Waals surface area contributed by atoms with E-state index < -0.39 is 8.32 Å². The molecule has 2 rings (SSSR count). The van der Waals surface area contributed by atoms with Crippen LogP contribution in [0.2, 0.25) is 18.1 Å². The van der Waals surface area contributed by atoms with Crippen LogP contribution >= 0.6 is 0 Å². The third-order valence-corrected chi connectivity index (χ3v) is 13.9. The van der Waals surface area contributed by atoms with E-state index in [1.165, 1.54) is 12.7 Å². The first-order valence-corrected chi connectivity index (χ1v) is 17.8. The lowest BCUT2D eigenvalue weighted by Gasteiger charge is -2.41.